The van der Waals surface area contributed by atoms with Crippen molar-refractivity contribution >= 4 is 29.0 Å². The molecule has 0 radical (unpaired) electrons. The van der Waals surface area contributed by atoms with Gasteiger partial charge in [0, 0.05) is 50.5 Å². The van der Waals surface area contributed by atoms with E-state index in [4.69, 9.17) is 0 Å². The lowest BCUT2D eigenvalue weighted by molar-refractivity contribution is -0.384. The molecule has 2 fully saturated rings. The molecule has 196 valence electrons. The Morgan fingerprint density at radius 1 is 1.08 bits per heavy atom. The SMILES string of the molecule is Cc1c(N2CCN(Cc3ccccc3)CC2)c(F)c(C)c([N+](=O)[O-])c1N(C=C(C(=O)O)C(=O)O)C1CC1. The van der Waals surface area contributed by atoms with Crippen molar-refractivity contribution in [1.29, 1.82) is 0 Å². The number of carboxylic acids is 2. The molecule has 0 unspecified atom stereocenters. The van der Waals surface area contributed by atoms with Crippen LogP contribution in [0.2, 0.25) is 0 Å². The summed E-state index contributed by atoms with van der Waals surface area (Å²) in [6.07, 6.45) is 2.13. The van der Waals surface area contributed by atoms with Gasteiger partial charge >= 0.3 is 11.9 Å². The van der Waals surface area contributed by atoms with Crippen LogP contribution >= 0.6 is 0 Å². The van der Waals surface area contributed by atoms with Crippen molar-refractivity contribution < 1.29 is 29.1 Å². The van der Waals surface area contributed by atoms with Crippen LogP contribution in [0.1, 0.15) is 29.5 Å². The number of carboxylic acid groups (broad SMARTS) is 2. The third-order valence-electron chi connectivity index (χ3n) is 6.87. The standard InChI is InChI=1S/C26H29FN4O6/c1-16-21(27)22(29-12-10-28(11-13-29)14-18-6-4-3-5-7-18)17(2)23(24(16)31(36)37)30(19-8-9-19)15-20(25(32)33)26(34)35/h3-7,15,19H,8-14H2,1-2H3,(H,32,33)(H,34,35). The van der Waals surface area contributed by atoms with Gasteiger partial charge in [-0.2, -0.15) is 0 Å². The maximum atomic E-state index is 15.7. The summed E-state index contributed by atoms with van der Waals surface area (Å²) in [5.74, 6) is -4.01. The van der Waals surface area contributed by atoms with Crippen molar-refractivity contribution in [2.45, 2.75) is 39.3 Å². The summed E-state index contributed by atoms with van der Waals surface area (Å²) in [4.78, 5) is 40.0. The van der Waals surface area contributed by atoms with Crippen LogP contribution in [0.25, 0.3) is 0 Å². The number of piperazine rings is 1. The van der Waals surface area contributed by atoms with E-state index in [1.807, 2.05) is 35.2 Å². The minimum Gasteiger partial charge on any atom is -0.477 e. The molecule has 2 N–H and O–H groups in total. The predicted molar refractivity (Wildman–Crippen MR) is 135 cm³/mol. The van der Waals surface area contributed by atoms with Gasteiger partial charge in [-0.1, -0.05) is 30.3 Å². The van der Waals surface area contributed by atoms with Crippen LogP contribution in [0.15, 0.2) is 42.1 Å². The summed E-state index contributed by atoms with van der Waals surface area (Å²) < 4.78 is 15.7. The number of nitrogens with zero attached hydrogens (tertiary/aromatic N) is 4. The van der Waals surface area contributed by atoms with Crippen molar-refractivity contribution in [1.82, 2.24) is 4.90 Å². The minimum absolute atomic E-state index is 0.0353. The highest BCUT2D eigenvalue weighted by atomic mass is 19.1. The van der Waals surface area contributed by atoms with Gasteiger partial charge in [0.25, 0.3) is 5.69 Å². The molecular formula is C26H29FN4O6. The Hall–Kier alpha value is -3.99. The number of carbonyl (C=O) groups is 2. The maximum Gasteiger partial charge on any atom is 0.344 e. The fourth-order valence-electron chi connectivity index (χ4n) is 4.85. The normalized spacial score (nSPS) is 15.8. The van der Waals surface area contributed by atoms with Gasteiger partial charge < -0.3 is 20.0 Å². The van der Waals surface area contributed by atoms with Crippen LogP contribution in [0, 0.1) is 29.8 Å². The molecule has 0 aromatic heterocycles. The van der Waals surface area contributed by atoms with E-state index in [0.29, 0.717) is 39.0 Å². The average molecular weight is 513 g/mol. The summed E-state index contributed by atoms with van der Waals surface area (Å²) in [5, 5.41) is 30.9. The number of anilines is 2. The van der Waals surface area contributed by atoms with Gasteiger partial charge in [-0.15, -0.1) is 0 Å². The van der Waals surface area contributed by atoms with Gasteiger partial charge in [0.05, 0.1) is 16.2 Å². The van der Waals surface area contributed by atoms with Crippen molar-refractivity contribution in [3.63, 3.8) is 0 Å². The van der Waals surface area contributed by atoms with Gasteiger partial charge in [-0.05, 0) is 32.3 Å². The zero-order chi connectivity index (χ0) is 26.9. The molecule has 2 aliphatic rings. The van der Waals surface area contributed by atoms with Crippen molar-refractivity contribution in [3.8, 4) is 0 Å². The fraction of sp³-hybridized carbons (Fsp3) is 0.385. The largest absolute Gasteiger partial charge is 0.477 e. The molecule has 1 aliphatic heterocycles. The summed E-state index contributed by atoms with van der Waals surface area (Å²) in [6.45, 7) is 5.97. The topological polar surface area (TPSA) is 127 Å². The minimum atomic E-state index is -1.66. The van der Waals surface area contributed by atoms with Crippen molar-refractivity contribution in [2.75, 3.05) is 36.0 Å². The number of halogens is 1. The molecule has 0 amide bonds. The molecule has 1 saturated carbocycles. The van der Waals surface area contributed by atoms with Gasteiger partial charge in [-0.25, -0.2) is 14.0 Å². The Morgan fingerprint density at radius 2 is 1.68 bits per heavy atom. The second-order valence-electron chi connectivity index (χ2n) is 9.41. The smallest absolute Gasteiger partial charge is 0.344 e. The van der Waals surface area contributed by atoms with Gasteiger partial charge in [-0.3, -0.25) is 15.0 Å². The fourth-order valence-corrected chi connectivity index (χ4v) is 4.85. The second-order valence-corrected chi connectivity index (χ2v) is 9.41. The quantitative estimate of drug-likeness (QED) is 0.170. The lowest BCUT2D eigenvalue weighted by Gasteiger charge is -2.38. The second kappa shape index (κ2) is 10.6. The summed E-state index contributed by atoms with van der Waals surface area (Å²) in [7, 11) is 0. The number of rotatable bonds is 9. The molecule has 37 heavy (non-hydrogen) atoms. The number of aliphatic carboxylic acids is 2. The zero-order valence-electron chi connectivity index (χ0n) is 20.7. The van der Waals surface area contributed by atoms with Crippen LogP contribution in [-0.4, -0.2) is 64.2 Å². The van der Waals surface area contributed by atoms with Gasteiger partial charge in [0.1, 0.15) is 5.69 Å². The van der Waals surface area contributed by atoms with Crippen LogP contribution in [0.5, 0.6) is 0 Å². The highest BCUT2D eigenvalue weighted by Crippen LogP contribution is 2.46. The molecule has 4 rings (SSSR count). The van der Waals surface area contributed by atoms with Crippen LogP contribution < -0.4 is 9.80 Å². The summed E-state index contributed by atoms with van der Waals surface area (Å²) >= 11 is 0. The highest BCUT2D eigenvalue weighted by molar-refractivity contribution is 6.12. The molecule has 1 saturated heterocycles. The van der Waals surface area contributed by atoms with E-state index in [0.717, 1.165) is 12.7 Å². The van der Waals surface area contributed by atoms with E-state index in [1.54, 1.807) is 6.92 Å². The number of hydrogen-bond acceptors (Lipinski definition) is 7. The molecule has 1 aliphatic carbocycles. The molecular weight excluding hydrogens is 483 g/mol. The molecule has 11 heteroatoms. The Bertz CT molecular complexity index is 1240. The molecule has 10 nitrogen and oxygen atoms in total. The first kappa shape index (κ1) is 26.1. The van der Waals surface area contributed by atoms with Gasteiger partial charge in [0.15, 0.2) is 11.4 Å². The van der Waals surface area contributed by atoms with Crippen molar-refractivity contribution in [3.05, 3.63) is 74.7 Å². The van der Waals surface area contributed by atoms with E-state index in [1.165, 1.54) is 17.4 Å². The highest BCUT2D eigenvalue weighted by Gasteiger charge is 2.39. The van der Waals surface area contributed by atoms with Crippen LogP contribution in [0.4, 0.5) is 21.5 Å². The lowest BCUT2D eigenvalue weighted by atomic mass is 10.0. The molecule has 2 aromatic carbocycles. The third-order valence-corrected chi connectivity index (χ3v) is 6.87. The van der Waals surface area contributed by atoms with E-state index in [2.05, 4.69) is 4.90 Å². The first-order valence-corrected chi connectivity index (χ1v) is 12.0. The maximum absolute atomic E-state index is 15.7. The number of hydrogen-bond donors (Lipinski definition) is 2. The van der Waals surface area contributed by atoms with E-state index in [9.17, 15) is 29.9 Å². The average Bonchev–Trinajstić information content (AvgIpc) is 3.69. The van der Waals surface area contributed by atoms with Crippen molar-refractivity contribution in [2.24, 2.45) is 0 Å². The first-order valence-electron chi connectivity index (χ1n) is 12.0. The molecule has 1 heterocycles. The predicted octanol–water partition coefficient (Wildman–Crippen LogP) is 3.69. The van der Waals surface area contributed by atoms with Crippen LogP contribution in [0.3, 0.4) is 0 Å². The lowest BCUT2D eigenvalue weighted by Crippen LogP contribution is -2.46. The molecule has 2 aromatic rings. The third kappa shape index (κ3) is 5.41. The number of nitro benzene ring substituents is 1. The van der Waals surface area contributed by atoms with E-state index >= 15 is 4.39 Å². The summed E-state index contributed by atoms with van der Waals surface area (Å²) in [6, 6.07) is 9.69. The van der Waals surface area contributed by atoms with Gasteiger partial charge in [0.2, 0.25) is 0 Å². The monoisotopic (exact) mass is 512 g/mol. The Kier molecular flexibility index (Phi) is 7.44. The Morgan fingerprint density at radius 3 is 2.19 bits per heavy atom. The van der Waals surface area contributed by atoms with Crippen LogP contribution in [-0.2, 0) is 16.1 Å². The molecule has 0 bridgehead atoms. The first-order chi connectivity index (χ1) is 17.6. The van der Waals surface area contributed by atoms with E-state index < -0.39 is 33.9 Å². The Balaban J connectivity index is 1.73. The van der Waals surface area contributed by atoms with E-state index in [-0.39, 0.29) is 28.5 Å². The summed E-state index contributed by atoms with van der Waals surface area (Å²) in [5.41, 5.74) is 0.143. The number of benzene rings is 2. The molecule has 0 spiro atoms. The molecule has 0 atom stereocenters. The Labute approximate surface area is 213 Å². The zero-order valence-corrected chi connectivity index (χ0v) is 20.7. The number of nitro groups is 1.